The molecule has 7 nitrogen and oxygen atoms in total. The Kier molecular flexibility index (Phi) is 5.98. The van der Waals surface area contributed by atoms with Gasteiger partial charge in [-0.1, -0.05) is 0 Å². The van der Waals surface area contributed by atoms with Gasteiger partial charge in [-0.15, -0.1) is 0 Å². The summed E-state index contributed by atoms with van der Waals surface area (Å²) in [6.07, 6.45) is 0. The lowest BCUT2D eigenvalue weighted by Crippen LogP contribution is -2.33. The summed E-state index contributed by atoms with van der Waals surface area (Å²) in [4.78, 5) is 10.8. The topological polar surface area (TPSA) is 93.7 Å². The molecule has 1 amide bonds. The monoisotopic (exact) mass is 316 g/mol. The van der Waals surface area contributed by atoms with Crippen molar-refractivity contribution >= 4 is 15.9 Å². The molecule has 1 rings (SSSR count). The first-order chi connectivity index (χ1) is 9.81. The molecule has 0 saturated carbocycles. The van der Waals surface area contributed by atoms with Crippen molar-refractivity contribution in [2.45, 2.75) is 18.7 Å². The van der Waals surface area contributed by atoms with E-state index in [-0.39, 0.29) is 23.9 Å². The number of benzene rings is 1. The van der Waals surface area contributed by atoms with Crippen LogP contribution >= 0.6 is 0 Å². The molecule has 21 heavy (non-hydrogen) atoms. The summed E-state index contributed by atoms with van der Waals surface area (Å²) in [5.41, 5.74) is 0.541. The van der Waals surface area contributed by atoms with Gasteiger partial charge in [0, 0.05) is 26.1 Å². The summed E-state index contributed by atoms with van der Waals surface area (Å²) in [6.45, 7) is 3.37. The first kappa shape index (κ1) is 17.3. The van der Waals surface area contributed by atoms with E-state index >= 15 is 0 Å². The Balaban J connectivity index is 2.95. The van der Waals surface area contributed by atoms with Crippen LogP contribution in [0.3, 0.4) is 0 Å². The Labute approximate surface area is 124 Å². The average molecular weight is 316 g/mol. The van der Waals surface area contributed by atoms with Gasteiger partial charge in [-0.05, 0) is 18.6 Å². The first-order valence-electron chi connectivity index (χ1n) is 6.28. The van der Waals surface area contributed by atoms with Crippen LogP contribution in [-0.4, -0.2) is 41.6 Å². The maximum absolute atomic E-state index is 12.2. The van der Waals surface area contributed by atoms with Crippen molar-refractivity contribution in [1.82, 2.24) is 10.0 Å². The molecule has 0 fully saturated rings. The van der Waals surface area contributed by atoms with Gasteiger partial charge in [-0.2, -0.15) is 0 Å². The third kappa shape index (κ3) is 4.61. The van der Waals surface area contributed by atoms with Crippen LogP contribution in [0, 0.1) is 6.92 Å². The molecule has 2 N–H and O–H groups in total. The number of hydrogen-bond acceptors (Lipinski definition) is 5. The molecule has 0 unspecified atom stereocenters. The average Bonchev–Trinajstić information content (AvgIpc) is 2.42. The van der Waals surface area contributed by atoms with Gasteiger partial charge in [0.15, 0.2) is 11.5 Å². The van der Waals surface area contributed by atoms with Gasteiger partial charge >= 0.3 is 0 Å². The smallest absolute Gasteiger partial charge is 0.241 e. The molecule has 8 heteroatoms. The van der Waals surface area contributed by atoms with Crippen LogP contribution in [-0.2, 0) is 14.8 Å². The van der Waals surface area contributed by atoms with E-state index in [2.05, 4.69) is 10.0 Å². The van der Waals surface area contributed by atoms with Crippen LogP contribution in [0.15, 0.2) is 17.0 Å². The summed E-state index contributed by atoms with van der Waals surface area (Å²) in [5.74, 6) is 0.592. The highest BCUT2D eigenvalue weighted by atomic mass is 32.2. The van der Waals surface area contributed by atoms with Crippen molar-refractivity contribution in [3.63, 3.8) is 0 Å². The zero-order valence-electron chi connectivity index (χ0n) is 12.5. The molecule has 1 aromatic carbocycles. The SMILES string of the molecule is COc1cc(C)c(S(=O)(=O)NCCNC(C)=O)cc1OC. The maximum Gasteiger partial charge on any atom is 0.241 e. The first-order valence-corrected chi connectivity index (χ1v) is 7.77. The Morgan fingerprint density at radius 3 is 2.24 bits per heavy atom. The standard InChI is InChI=1S/C13H20N2O5S/c1-9-7-11(19-3)12(20-4)8-13(9)21(17,18)15-6-5-14-10(2)16/h7-8,15H,5-6H2,1-4H3,(H,14,16). The van der Waals surface area contributed by atoms with Crippen molar-refractivity contribution < 1.29 is 22.7 Å². The fourth-order valence-electron chi connectivity index (χ4n) is 1.75. The fraction of sp³-hybridized carbons (Fsp3) is 0.462. The summed E-state index contributed by atoms with van der Waals surface area (Å²) in [7, 11) is -0.762. The van der Waals surface area contributed by atoms with Gasteiger partial charge in [-0.3, -0.25) is 4.79 Å². The molecule has 0 aromatic heterocycles. The predicted molar refractivity (Wildman–Crippen MR) is 78.2 cm³/mol. The highest BCUT2D eigenvalue weighted by molar-refractivity contribution is 7.89. The quantitative estimate of drug-likeness (QED) is 0.711. The number of nitrogens with one attached hydrogen (secondary N) is 2. The molecule has 118 valence electrons. The Bertz CT molecular complexity index is 613. The molecule has 0 aliphatic heterocycles. The molecule has 0 saturated heterocycles. The number of sulfonamides is 1. The second-order valence-electron chi connectivity index (χ2n) is 4.35. The van der Waals surface area contributed by atoms with Gasteiger partial charge < -0.3 is 14.8 Å². The van der Waals surface area contributed by atoms with Crippen LogP contribution < -0.4 is 19.5 Å². The van der Waals surface area contributed by atoms with E-state index < -0.39 is 10.0 Å². The lowest BCUT2D eigenvalue weighted by molar-refractivity contribution is -0.118. The molecule has 0 aliphatic carbocycles. The second-order valence-corrected chi connectivity index (χ2v) is 6.09. The molecule has 0 atom stereocenters. The van der Waals surface area contributed by atoms with E-state index in [1.54, 1.807) is 13.0 Å². The molecule has 1 aromatic rings. The summed E-state index contributed by atoms with van der Waals surface area (Å²) in [5, 5.41) is 2.51. The fourth-order valence-corrected chi connectivity index (χ4v) is 3.02. The van der Waals surface area contributed by atoms with E-state index in [0.717, 1.165) is 0 Å². The zero-order valence-corrected chi connectivity index (χ0v) is 13.3. The number of carbonyl (C=O) groups is 1. The number of hydrogen-bond donors (Lipinski definition) is 2. The number of amides is 1. The minimum atomic E-state index is -3.68. The van der Waals surface area contributed by atoms with Crippen molar-refractivity contribution in [3.05, 3.63) is 17.7 Å². The summed E-state index contributed by atoms with van der Waals surface area (Å²) < 4.78 is 37.1. The van der Waals surface area contributed by atoms with Gasteiger partial charge in [0.25, 0.3) is 0 Å². The Morgan fingerprint density at radius 2 is 1.71 bits per heavy atom. The molecular weight excluding hydrogens is 296 g/mol. The van der Waals surface area contributed by atoms with Gasteiger partial charge in [0.2, 0.25) is 15.9 Å². The lowest BCUT2D eigenvalue weighted by atomic mass is 10.2. The van der Waals surface area contributed by atoms with Crippen LogP contribution in [0.1, 0.15) is 12.5 Å². The van der Waals surface area contributed by atoms with Crippen LogP contribution in [0.25, 0.3) is 0 Å². The Hall–Kier alpha value is -1.80. The van der Waals surface area contributed by atoms with E-state index in [0.29, 0.717) is 17.1 Å². The van der Waals surface area contributed by atoms with E-state index in [1.165, 1.54) is 27.2 Å². The van der Waals surface area contributed by atoms with Gasteiger partial charge in [0.05, 0.1) is 19.1 Å². The summed E-state index contributed by atoms with van der Waals surface area (Å²) in [6, 6.07) is 3.01. The van der Waals surface area contributed by atoms with E-state index in [4.69, 9.17) is 9.47 Å². The molecule has 0 aliphatic rings. The largest absolute Gasteiger partial charge is 0.493 e. The van der Waals surface area contributed by atoms with Crippen molar-refractivity contribution in [1.29, 1.82) is 0 Å². The van der Waals surface area contributed by atoms with E-state index in [1.807, 2.05) is 0 Å². The van der Waals surface area contributed by atoms with Crippen molar-refractivity contribution in [2.75, 3.05) is 27.3 Å². The summed E-state index contributed by atoms with van der Waals surface area (Å²) >= 11 is 0. The number of methoxy groups -OCH3 is 2. The van der Waals surface area contributed by atoms with Gasteiger partial charge in [-0.25, -0.2) is 13.1 Å². The Morgan fingerprint density at radius 1 is 1.14 bits per heavy atom. The van der Waals surface area contributed by atoms with Crippen LogP contribution in [0.5, 0.6) is 11.5 Å². The van der Waals surface area contributed by atoms with Crippen molar-refractivity contribution in [3.8, 4) is 11.5 Å². The maximum atomic E-state index is 12.2. The molecular formula is C13H20N2O5S. The third-order valence-electron chi connectivity index (χ3n) is 2.76. The lowest BCUT2D eigenvalue weighted by Gasteiger charge is -2.13. The molecule has 0 bridgehead atoms. The predicted octanol–water partition coefficient (Wildman–Crippen LogP) is 0.427. The highest BCUT2D eigenvalue weighted by Crippen LogP contribution is 2.32. The number of carbonyl (C=O) groups excluding carboxylic acids is 1. The minimum absolute atomic E-state index is 0.107. The number of aryl methyl sites for hydroxylation is 1. The number of rotatable bonds is 7. The molecule has 0 heterocycles. The van der Waals surface area contributed by atoms with Gasteiger partial charge in [0.1, 0.15) is 0 Å². The van der Waals surface area contributed by atoms with Crippen LogP contribution in [0.2, 0.25) is 0 Å². The second kappa shape index (κ2) is 7.28. The molecule has 0 radical (unpaired) electrons. The van der Waals surface area contributed by atoms with E-state index in [9.17, 15) is 13.2 Å². The normalized spacial score (nSPS) is 11.0. The highest BCUT2D eigenvalue weighted by Gasteiger charge is 2.19. The van der Waals surface area contributed by atoms with Crippen molar-refractivity contribution in [2.24, 2.45) is 0 Å². The molecule has 0 spiro atoms. The minimum Gasteiger partial charge on any atom is -0.493 e. The van der Waals surface area contributed by atoms with Crippen LogP contribution in [0.4, 0.5) is 0 Å². The number of ether oxygens (including phenoxy) is 2. The third-order valence-corrected chi connectivity index (χ3v) is 4.36. The zero-order chi connectivity index (χ0) is 16.0.